The number of aryl methyl sites for hydroxylation is 1. The third-order valence-corrected chi connectivity index (χ3v) is 3.63. The predicted molar refractivity (Wildman–Crippen MR) is 69.9 cm³/mol. The molecule has 1 aromatic rings. The van der Waals surface area contributed by atoms with Crippen LogP contribution >= 0.6 is 0 Å². The molecule has 1 heterocycles. The van der Waals surface area contributed by atoms with Gasteiger partial charge in [0.25, 0.3) is 0 Å². The molecule has 1 fully saturated rings. The highest BCUT2D eigenvalue weighted by Crippen LogP contribution is 2.22. The minimum atomic E-state index is 0.00708. The van der Waals surface area contributed by atoms with E-state index in [1.165, 1.54) is 0 Å². The quantitative estimate of drug-likeness (QED) is 0.821. The monoisotopic (exact) mass is 250 g/mol. The maximum atomic E-state index is 12.0. The Labute approximate surface area is 108 Å². The molecule has 1 aliphatic rings. The number of hydrogen-bond donors (Lipinski definition) is 2. The number of amides is 1. The first kappa shape index (κ1) is 13.1. The molecule has 2 unspecified atom stereocenters. The summed E-state index contributed by atoms with van der Waals surface area (Å²) in [6.45, 7) is 0.660. The molecule has 0 spiro atoms. The SMILES string of the molecule is Cn1cc(CCNC(=O)C2CCCCC2N)cn1. The van der Waals surface area contributed by atoms with Gasteiger partial charge in [0.15, 0.2) is 0 Å². The van der Waals surface area contributed by atoms with Gasteiger partial charge in [0, 0.05) is 25.8 Å². The number of aromatic nitrogens is 2. The van der Waals surface area contributed by atoms with Gasteiger partial charge in [0.2, 0.25) is 5.91 Å². The largest absolute Gasteiger partial charge is 0.355 e. The molecule has 2 rings (SSSR count). The zero-order valence-electron chi connectivity index (χ0n) is 10.9. The summed E-state index contributed by atoms with van der Waals surface area (Å²) in [6.07, 6.45) is 8.80. The lowest BCUT2D eigenvalue weighted by Crippen LogP contribution is -2.44. The van der Waals surface area contributed by atoms with Crippen LogP contribution in [0.5, 0.6) is 0 Å². The average molecular weight is 250 g/mol. The highest BCUT2D eigenvalue weighted by Gasteiger charge is 2.27. The normalized spacial score (nSPS) is 23.9. The minimum Gasteiger partial charge on any atom is -0.355 e. The molecular weight excluding hydrogens is 228 g/mol. The molecule has 1 saturated carbocycles. The Morgan fingerprint density at radius 1 is 1.56 bits per heavy atom. The number of carbonyl (C=O) groups is 1. The fourth-order valence-electron chi connectivity index (χ4n) is 2.55. The molecule has 18 heavy (non-hydrogen) atoms. The Kier molecular flexibility index (Phi) is 4.36. The van der Waals surface area contributed by atoms with Crippen LogP contribution in [0.15, 0.2) is 12.4 Å². The zero-order valence-corrected chi connectivity index (χ0v) is 10.9. The van der Waals surface area contributed by atoms with Crippen molar-refractivity contribution in [2.45, 2.75) is 38.1 Å². The van der Waals surface area contributed by atoms with E-state index in [9.17, 15) is 4.79 Å². The molecular formula is C13H22N4O. The molecule has 0 aromatic carbocycles. The van der Waals surface area contributed by atoms with Crippen molar-refractivity contribution in [3.05, 3.63) is 18.0 Å². The van der Waals surface area contributed by atoms with Crippen molar-refractivity contribution in [3.8, 4) is 0 Å². The van der Waals surface area contributed by atoms with Crippen LogP contribution < -0.4 is 11.1 Å². The first-order chi connectivity index (χ1) is 8.66. The Morgan fingerprint density at radius 2 is 2.33 bits per heavy atom. The summed E-state index contributed by atoms with van der Waals surface area (Å²) in [5.74, 6) is 0.124. The lowest BCUT2D eigenvalue weighted by Gasteiger charge is -2.27. The second-order valence-corrected chi connectivity index (χ2v) is 5.12. The zero-order chi connectivity index (χ0) is 13.0. The molecule has 3 N–H and O–H groups in total. The lowest BCUT2D eigenvalue weighted by molar-refractivity contribution is -0.126. The molecule has 1 amide bonds. The molecule has 5 heteroatoms. The molecule has 5 nitrogen and oxygen atoms in total. The van der Waals surface area contributed by atoms with Gasteiger partial charge < -0.3 is 11.1 Å². The summed E-state index contributed by atoms with van der Waals surface area (Å²) in [4.78, 5) is 12.0. The van der Waals surface area contributed by atoms with E-state index in [0.29, 0.717) is 6.54 Å². The second kappa shape index (κ2) is 6.00. The Morgan fingerprint density at radius 3 is 3.00 bits per heavy atom. The van der Waals surface area contributed by atoms with Crippen molar-refractivity contribution in [1.82, 2.24) is 15.1 Å². The van der Waals surface area contributed by atoms with Gasteiger partial charge in [-0.15, -0.1) is 0 Å². The topological polar surface area (TPSA) is 72.9 Å². The van der Waals surface area contributed by atoms with Gasteiger partial charge in [0.1, 0.15) is 0 Å². The van der Waals surface area contributed by atoms with E-state index >= 15 is 0 Å². The van der Waals surface area contributed by atoms with E-state index < -0.39 is 0 Å². The summed E-state index contributed by atoms with van der Waals surface area (Å²) < 4.78 is 1.77. The Hall–Kier alpha value is -1.36. The van der Waals surface area contributed by atoms with Gasteiger partial charge in [-0.05, 0) is 24.8 Å². The maximum Gasteiger partial charge on any atom is 0.224 e. The summed E-state index contributed by atoms with van der Waals surface area (Å²) in [5.41, 5.74) is 7.14. The van der Waals surface area contributed by atoms with Crippen LogP contribution in [-0.2, 0) is 18.3 Å². The highest BCUT2D eigenvalue weighted by atomic mass is 16.1. The maximum absolute atomic E-state index is 12.0. The van der Waals surface area contributed by atoms with E-state index in [0.717, 1.165) is 37.7 Å². The molecule has 2 atom stereocenters. The third-order valence-electron chi connectivity index (χ3n) is 3.63. The van der Waals surface area contributed by atoms with Crippen LogP contribution in [0, 0.1) is 5.92 Å². The Bertz CT molecular complexity index is 401. The average Bonchev–Trinajstić information content (AvgIpc) is 2.75. The third kappa shape index (κ3) is 3.32. The van der Waals surface area contributed by atoms with E-state index in [1.54, 1.807) is 4.68 Å². The van der Waals surface area contributed by atoms with E-state index in [-0.39, 0.29) is 17.9 Å². The highest BCUT2D eigenvalue weighted by molar-refractivity contribution is 5.79. The number of nitrogens with one attached hydrogen (secondary N) is 1. The molecule has 100 valence electrons. The van der Waals surface area contributed by atoms with Crippen LogP contribution in [0.1, 0.15) is 31.2 Å². The molecule has 0 saturated heterocycles. The molecule has 0 radical (unpaired) electrons. The van der Waals surface area contributed by atoms with Crippen LogP contribution in [0.25, 0.3) is 0 Å². The summed E-state index contributed by atoms with van der Waals surface area (Å²) in [5, 5.41) is 7.08. The summed E-state index contributed by atoms with van der Waals surface area (Å²) in [7, 11) is 1.89. The predicted octanol–water partition coefficient (Wildman–Crippen LogP) is 0.596. The van der Waals surface area contributed by atoms with Crippen molar-refractivity contribution in [1.29, 1.82) is 0 Å². The van der Waals surface area contributed by atoms with Crippen LogP contribution in [-0.4, -0.2) is 28.3 Å². The first-order valence-electron chi connectivity index (χ1n) is 6.67. The standard InChI is InChI=1S/C13H22N4O/c1-17-9-10(8-16-17)6-7-15-13(18)11-4-2-3-5-12(11)14/h8-9,11-12H,2-7,14H2,1H3,(H,15,18). The first-order valence-corrected chi connectivity index (χ1v) is 6.67. The van der Waals surface area contributed by atoms with Crippen molar-refractivity contribution < 1.29 is 4.79 Å². The van der Waals surface area contributed by atoms with Gasteiger partial charge in [-0.3, -0.25) is 9.48 Å². The van der Waals surface area contributed by atoms with Gasteiger partial charge in [-0.25, -0.2) is 0 Å². The Balaban J connectivity index is 1.74. The van der Waals surface area contributed by atoms with Crippen LogP contribution in [0.3, 0.4) is 0 Å². The number of hydrogen-bond acceptors (Lipinski definition) is 3. The number of nitrogens with two attached hydrogens (primary N) is 1. The fraction of sp³-hybridized carbons (Fsp3) is 0.692. The van der Waals surface area contributed by atoms with Gasteiger partial charge in [-0.2, -0.15) is 5.10 Å². The molecule has 1 aromatic heterocycles. The van der Waals surface area contributed by atoms with Crippen molar-refractivity contribution >= 4 is 5.91 Å². The summed E-state index contributed by atoms with van der Waals surface area (Å²) in [6, 6.07) is 0.0390. The number of nitrogens with zero attached hydrogens (tertiary/aromatic N) is 2. The van der Waals surface area contributed by atoms with Crippen molar-refractivity contribution in [2.24, 2.45) is 18.7 Å². The summed E-state index contributed by atoms with van der Waals surface area (Å²) >= 11 is 0. The molecule has 0 bridgehead atoms. The molecule has 0 aliphatic heterocycles. The van der Waals surface area contributed by atoms with Gasteiger partial charge >= 0.3 is 0 Å². The minimum absolute atomic E-state index is 0.00708. The van der Waals surface area contributed by atoms with E-state index in [1.807, 2.05) is 19.4 Å². The fourth-order valence-corrected chi connectivity index (χ4v) is 2.55. The van der Waals surface area contributed by atoms with Gasteiger partial charge in [0.05, 0.1) is 12.1 Å². The van der Waals surface area contributed by atoms with Crippen LogP contribution in [0.2, 0.25) is 0 Å². The number of rotatable bonds is 4. The van der Waals surface area contributed by atoms with E-state index in [4.69, 9.17) is 5.73 Å². The second-order valence-electron chi connectivity index (χ2n) is 5.12. The lowest BCUT2D eigenvalue weighted by atomic mass is 9.84. The van der Waals surface area contributed by atoms with Crippen LogP contribution in [0.4, 0.5) is 0 Å². The van der Waals surface area contributed by atoms with Crippen molar-refractivity contribution in [3.63, 3.8) is 0 Å². The smallest absolute Gasteiger partial charge is 0.224 e. The van der Waals surface area contributed by atoms with E-state index in [2.05, 4.69) is 10.4 Å². The molecule has 1 aliphatic carbocycles. The number of carbonyl (C=O) groups excluding carboxylic acids is 1. The van der Waals surface area contributed by atoms with Crippen molar-refractivity contribution in [2.75, 3.05) is 6.54 Å². The van der Waals surface area contributed by atoms with Gasteiger partial charge in [-0.1, -0.05) is 12.8 Å².